The summed E-state index contributed by atoms with van der Waals surface area (Å²) in [5.41, 5.74) is 2.71. The molecule has 1 N–H and O–H groups in total. The summed E-state index contributed by atoms with van der Waals surface area (Å²) in [7, 11) is 0. The van der Waals surface area contributed by atoms with Crippen LogP contribution in [0.4, 0.5) is 0 Å². The van der Waals surface area contributed by atoms with E-state index in [-0.39, 0.29) is 11.4 Å². The van der Waals surface area contributed by atoms with E-state index < -0.39 is 0 Å². The lowest BCUT2D eigenvalue weighted by molar-refractivity contribution is -0.122. The van der Waals surface area contributed by atoms with Gasteiger partial charge in [0.15, 0.2) is 0 Å². The Morgan fingerprint density at radius 3 is 2.54 bits per heavy atom. The summed E-state index contributed by atoms with van der Waals surface area (Å²) in [4.78, 5) is 12.7. The summed E-state index contributed by atoms with van der Waals surface area (Å²) in [6, 6.07) is 17.5. The van der Waals surface area contributed by atoms with E-state index in [2.05, 4.69) is 10.4 Å². The summed E-state index contributed by atoms with van der Waals surface area (Å²) >= 11 is 5.98. The van der Waals surface area contributed by atoms with Crippen LogP contribution in [0.15, 0.2) is 67.0 Å². The number of benzene rings is 2. The standard InChI is InChI=1S/C22H22ClN3O2/c23-19-6-2-18(3-7-19)15-22(10-13-28-16-22)25-21(27)14-17-4-8-20(9-5-17)26-12-1-11-24-26/h1-9,11-12H,10,13-16H2,(H,25,27). The molecule has 0 bridgehead atoms. The maximum absolute atomic E-state index is 12.7. The number of carbonyl (C=O) groups is 1. The van der Waals surface area contributed by atoms with E-state index in [1.54, 1.807) is 10.9 Å². The second-order valence-electron chi connectivity index (χ2n) is 7.23. The molecule has 144 valence electrons. The fourth-order valence-corrected chi connectivity index (χ4v) is 3.72. The number of nitrogens with zero attached hydrogens (tertiary/aromatic N) is 2. The molecule has 1 aliphatic heterocycles. The van der Waals surface area contributed by atoms with Crippen LogP contribution >= 0.6 is 11.6 Å². The molecular formula is C22H22ClN3O2. The minimum Gasteiger partial charge on any atom is -0.379 e. The van der Waals surface area contributed by atoms with Gasteiger partial charge in [0, 0.05) is 24.0 Å². The second kappa shape index (κ2) is 8.17. The third-order valence-corrected chi connectivity index (χ3v) is 5.29. The molecule has 2 aromatic carbocycles. The van der Waals surface area contributed by atoms with Crippen molar-refractivity contribution in [3.8, 4) is 5.69 Å². The van der Waals surface area contributed by atoms with E-state index in [1.165, 1.54) is 0 Å². The maximum Gasteiger partial charge on any atom is 0.224 e. The van der Waals surface area contributed by atoms with E-state index in [0.29, 0.717) is 24.7 Å². The summed E-state index contributed by atoms with van der Waals surface area (Å²) in [6.07, 6.45) is 5.50. The molecule has 1 amide bonds. The molecule has 0 aliphatic carbocycles. The first-order chi connectivity index (χ1) is 13.6. The molecule has 1 unspecified atom stereocenters. The number of halogens is 1. The molecule has 0 spiro atoms. The Hall–Kier alpha value is -2.63. The monoisotopic (exact) mass is 395 g/mol. The fraction of sp³-hybridized carbons (Fsp3) is 0.273. The zero-order valence-electron chi connectivity index (χ0n) is 15.5. The van der Waals surface area contributed by atoms with Crippen molar-refractivity contribution < 1.29 is 9.53 Å². The number of aromatic nitrogens is 2. The van der Waals surface area contributed by atoms with Gasteiger partial charge < -0.3 is 10.1 Å². The number of carbonyl (C=O) groups excluding carboxylic acids is 1. The van der Waals surface area contributed by atoms with Crippen LogP contribution in [0.2, 0.25) is 5.02 Å². The normalized spacial score (nSPS) is 18.9. The van der Waals surface area contributed by atoms with Crippen LogP contribution in [0.3, 0.4) is 0 Å². The van der Waals surface area contributed by atoms with Crippen molar-refractivity contribution in [1.29, 1.82) is 0 Å². The maximum atomic E-state index is 12.7. The van der Waals surface area contributed by atoms with Crippen LogP contribution < -0.4 is 5.32 Å². The van der Waals surface area contributed by atoms with Gasteiger partial charge in [0.05, 0.1) is 24.3 Å². The first-order valence-corrected chi connectivity index (χ1v) is 9.72. The van der Waals surface area contributed by atoms with Crippen LogP contribution in [0.5, 0.6) is 0 Å². The Bertz CT molecular complexity index is 915. The number of amides is 1. The molecule has 3 aromatic rings. The summed E-state index contributed by atoms with van der Waals surface area (Å²) in [5.74, 6) is 0.00584. The quantitative estimate of drug-likeness (QED) is 0.694. The van der Waals surface area contributed by atoms with Crippen molar-refractivity contribution in [1.82, 2.24) is 15.1 Å². The van der Waals surface area contributed by atoms with Gasteiger partial charge in [-0.05, 0) is 54.3 Å². The van der Waals surface area contributed by atoms with Gasteiger partial charge >= 0.3 is 0 Å². The van der Waals surface area contributed by atoms with Gasteiger partial charge in [-0.15, -0.1) is 0 Å². The molecule has 5 nitrogen and oxygen atoms in total. The van der Waals surface area contributed by atoms with Crippen molar-refractivity contribution in [2.45, 2.75) is 24.8 Å². The highest BCUT2D eigenvalue weighted by atomic mass is 35.5. The topological polar surface area (TPSA) is 56.2 Å². The molecule has 1 aromatic heterocycles. The predicted octanol–water partition coefficient (Wildman–Crippen LogP) is 3.59. The van der Waals surface area contributed by atoms with Gasteiger partial charge in [-0.1, -0.05) is 35.9 Å². The van der Waals surface area contributed by atoms with Crippen LogP contribution in [-0.2, 0) is 22.4 Å². The Balaban J connectivity index is 1.41. The number of nitrogens with one attached hydrogen (secondary N) is 1. The molecule has 6 heteroatoms. The summed E-state index contributed by atoms with van der Waals surface area (Å²) < 4.78 is 7.41. The zero-order chi connectivity index (χ0) is 19.4. The van der Waals surface area contributed by atoms with Gasteiger partial charge in [0.1, 0.15) is 0 Å². The van der Waals surface area contributed by atoms with E-state index >= 15 is 0 Å². The highest BCUT2D eigenvalue weighted by Crippen LogP contribution is 2.25. The Morgan fingerprint density at radius 1 is 1.14 bits per heavy atom. The minimum absolute atomic E-state index is 0.00584. The fourth-order valence-electron chi connectivity index (χ4n) is 3.60. The first-order valence-electron chi connectivity index (χ1n) is 9.34. The van der Waals surface area contributed by atoms with Gasteiger partial charge in [0.25, 0.3) is 0 Å². The predicted molar refractivity (Wildman–Crippen MR) is 109 cm³/mol. The lowest BCUT2D eigenvalue weighted by Crippen LogP contribution is -2.51. The van der Waals surface area contributed by atoms with Crippen molar-refractivity contribution in [3.63, 3.8) is 0 Å². The lowest BCUT2D eigenvalue weighted by atomic mass is 9.89. The molecule has 4 rings (SSSR count). The molecule has 1 saturated heterocycles. The van der Waals surface area contributed by atoms with Crippen molar-refractivity contribution in [2.24, 2.45) is 0 Å². The third kappa shape index (κ3) is 4.43. The number of rotatable bonds is 6. The van der Waals surface area contributed by atoms with Gasteiger partial charge in [-0.2, -0.15) is 5.10 Å². The van der Waals surface area contributed by atoms with Gasteiger partial charge in [0.2, 0.25) is 5.91 Å². The number of hydrogen-bond acceptors (Lipinski definition) is 3. The van der Waals surface area contributed by atoms with Gasteiger partial charge in [-0.25, -0.2) is 4.68 Å². The Morgan fingerprint density at radius 2 is 1.89 bits per heavy atom. The molecule has 0 saturated carbocycles. The summed E-state index contributed by atoms with van der Waals surface area (Å²) in [5, 5.41) is 8.16. The molecule has 1 aliphatic rings. The highest BCUT2D eigenvalue weighted by Gasteiger charge is 2.36. The van der Waals surface area contributed by atoms with E-state index in [1.807, 2.05) is 60.8 Å². The van der Waals surface area contributed by atoms with Crippen LogP contribution in [0, 0.1) is 0 Å². The third-order valence-electron chi connectivity index (χ3n) is 5.03. The van der Waals surface area contributed by atoms with Crippen LogP contribution in [-0.4, -0.2) is 34.4 Å². The van der Waals surface area contributed by atoms with E-state index in [0.717, 1.165) is 29.7 Å². The number of hydrogen-bond donors (Lipinski definition) is 1. The largest absolute Gasteiger partial charge is 0.379 e. The zero-order valence-corrected chi connectivity index (χ0v) is 16.2. The molecule has 28 heavy (non-hydrogen) atoms. The van der Waals surface area contributed by atoms with E-state index in [4.69, 9.17) is 16.3 Å². The highest BCUT2D eigenvalue weighted by molar-refractivity contribution is 6.30. The molecule has 2 heterocycles. The molecular weight excluding hydrogens is 374 g/mol. The van der Waals surface area contributed by atoms with Crippen molar-refractivity contribution in [3.05, 3.63) is 83.1 Å². The lowest BCUT2D eigenvalue weighted by Gasteiger charge is -2.29. The molecule has 0 radical (unpaired) electrons. The molecule has 1 fully saturated rings. The minimum atomic E-state index is -0.361. The van der Waals surface area contributed by atoms with Crippen molar-refractivity contribution >= 4 is 17.5 Å². The average Bonchev–Trinajstić information content (AvgIpc) is 3.37. The Labute approximate surface area is 169 Å². The second-order valence-corrected chi connectivity index (χ2v) is 7.66. The Kier molecular flexibility index (Phi) is 5.46. The SMILES string of the molecule is O=C(Cc1ccc(-n2cccn2)cc1)NC1(Cc2ccc(Cl)cc2)CCOC1. The van der Waals surface area contributed by atoms with Gasteiger partial charge in [-0.3, -0.25) is 4.79 Å². The number of ether oxygens (including phenoxy) is 1. The van der Waals surface area contributed by atoms with Crippen LogP contribution in [0.25, 0.3) is 5.69 Å². The smallest absolute Gasteiger partial charge is 0.224 e. The average molecular weight is 396 g/mol. The first kappa shape index (κ1) is 18.7. The summed E-state index contributed by atoms with van der Waals surface area (Å²) in [6.45, 7) is 1.19. The van der Waals surface area contributed by atoms with Crippen molar-refractivity contribution in [2.75, 3.05) is 13.2 Å². The molecule has 1 atom stereocenters. The van der Waals surface area contributed by atoms with E-state index in [9.17, 15) is 4.79 Å². The van der Waals surface area contributed by atoms with Crippen LogP contribution in [0.1, 0.15) is 17.5 Å².